The van der Waals surface area contributed by atoms with Gasteiger partial charge in [-0.1, -0.05) is 12.6 Å². The first-order chi connectivity index (χ1) is 13.4. The maximum Gasteiger partial charge on any atom is 0.335 e. The quantitative estimate of drug-likeness (QED) is 0.212. The highest BCUT2D eigenvalue weighted by molar-refractivity contribution is 6.04. The number of hydrogen-bond acceptors (Lipinski definition) is 5. The largest absolute Gasteiger partial charge is 0.423 e. The number of ether oxygens (including phenoxy) is 1. The molecule has 0 unspecified atom stereocenters. The second-order valence-corrected chi connectivity index (χ2v) is 6.30. The van der Waals surface area contributed by atoms with Gasteiger partial charge in [-0.15, -0.1) is 0 Å². The van der Waals surface area contributed by atoms with E-state index in [9.17, 15) is 4.79 Å². The summed E-state index contributed by atoms with van der Waals surface area (Å²) in [6.45, 7) is 11.3. The molecule has 2 aromatic carbocycles. The van der Waals surface area contributed by atoms with Gasteiger partial charge in [0.05, 0.1) is 0 Å². The van der Waals surface area contributed by atoms with E-state index in [0.29, 0.717) is 11.3 Å². The lowest BCUT2D eigenvalue weighted by atomic mass is 9.92. The molecule has 0 saturated carbocycles. The molecule has 0 bridgehead atoms. The zero-order valence-corrected chi connectivity index (χ0v) is 16.9. The fourth-order valence-corrected chi connectivity index (χ4v) is 3.27. The average Bonchev–Trinajstić information content (AvgIpc) is 2.70. The number of esters is 1. The molecule has 0 radical (unpaired) electrons. The number of anilines is 2. The van der Waals surface area contributed by atoms with Crippen LogP contribution < -0.4 is 20.7 Å². The fraction of sp³-hybridized carbons (Fsp3) is 0.273. The molecule has 6 nitrogen and oxygen atoms in total. The van der Waals surface area contributed by atoms with Gasteiger partial charge in [0.15, 0.2) is 0 Å². The number of nitrogens with two attached hydrogens (primary N) is 1. The molecule has 0 atom stereocenters. The summed E-state index contributed by atoms with van der Waals surface area (Å²) >= 11 is 0. The molecular formula is C22H28N4O2. The van der Waals surface area contributed by atoms with Crippen LogP contribution in [0.2, 0.25) is 0 Å². The van der Waals surface area contributed by atoms with Crippen molar-refractivity contribution >= 4 is 23.2 Å². The smallest absolute Gasteiger partial charge is 0.335 e. The average molecular weight is 380 g/mol. The molecule has 0 aliphatic rings. The van der Waals surface area contributed by atoms with E-state index in [0.717, 1.165) is 47.2 Å². The summed E-state index contributed by atoms with van der Waals surface area (Å²) in [4.78, 5) is 13.9. The van der Waals surface area contributed by atoms with E-state index >= 15 is 0 Å². The molecule has 6 heteroatoms. The SMILES string of the molecule is C=CC(=O)Oc1ccc(C(=N)N)c(-c2ccc(N(CC)CC)cc2NC)c1C. The normalized spacial score (nSPS) is 10.3. The van der Waals surface area contributed by atoms with Crippen LogP contribution in [0.15, 0.2) is 43.0 Å². The molecule has 2 aromatic rings. The van der Waals surface area contributed by atoms with Crippen LogP contribution in [0, 0.1) is 12.3 Å². The minimum Gasteiger partial charge on any atom is -0.423 e. The maximum absolute atomic E-state index is 11.7. The highest BCUT2D eigenvalue weighted by Gasteiger charge is 2.19. The van der Waals surface area contributed by atoms with Gasteiger partial charge in [0.2, 0.25) is 0 Å². The van der Waals surface area contributed by atoms with Crippen molar-refractivity contribution in [2.75, 3.05) is 30.4 Å². The topological polar surface area (TPSA) is 91.4 Å². The van der Waals surface area contributed by atoms with Crippen molar-refractivity contribution in [3.8, 4) is 16.9 Å². The number of nitrogens with zero attached hydrogens (tertiary/aromatic N) is 1. The number of carbonyl (C=O) groups is 1. The number of rotatable bonds is 8. The molecule has 0 saturated heterocycles. The molecule has 0 fully saturated rings. The third-order valence-corrected chi connectivity index (χ3v) is 4.75. The minimum absolute atomic E-state index is 0.0467. The Hall–Kier alpha value is -3.28. The van der Waals surface area contributed by atoms with E-state index < -0.39 is 5.97 Å². The van der Waals surface area contributed by atoms with Gasteiger partial charge < -0.3 is 20.7 Å². The molecule has 0 aromatic heterocycles. The standard InChI is InChI=1S/C22H28N4O2/c1-6-20(27)28-19-12-11-17(22(23)24)21(14(19)4)16-10-9-15(13-18(16)25-5)26(7-2)8-3/h6,9-13,25H,1,7-8H2,2-5H3,(H3,23,24). The second kappa shape index (κ2) is 9.08. The van der Waals surface area contributed by atoms with Gasteiger partial charge in [-0.25, -0.2) is 4.79 Å². The van der Waals surface area contributed by atoms with E-state index in [1.165, 1.54) is 0 Å². The summed E-state index contributed by atoms with van der Waals surface area (Å²) in [6, 6.07) is 9.49. The Kier molecular flexibility index (Phi) is 6.82. The Balaban J connectivity index is 2.70. The fourth-order valence-electron chi connectivity index (χ4n) is 3.27. The van der Waals surface area contributed by atoms with Crippen LogP contribution in [0.5, 0.6) is 5.75 Å². The number of hydrogen-bond donors (Lipinski definition) is 3. The van der Waals surface area contributed by atoms with Crippen LogP contribution in [-0.2, 0) is 4.79 Å². The first-order valence-corrected chi connectivity index (χ1v) is 9.27. The molecule has 0 aliphatic heterocycles. The van der Waals surface area contributed by atoms with Gasteiger partial charge in [-0.05, 0) is 45.0 Å². The van der Waals surface area contributed by atoms with Gasteiger partial charge in [0.25, 0.3) is 0 Å². The minimum atomic E-state index is -0.532. The van der Waals surface area contributed by atoms with Crippen LogP contribution in [0.25, 0.3) is 11.1 Å². The Bertz CT molecular complexity index is 902. The van der Waals surface area contributed by atoms with Crippen molar-refractivity contribution in [2.45, 2.75) is 20.8 Å². The van der Waals surface area contributed by atoms with Gasteiger partial charge in [-0.2, -0.15) is 0 Å². The highest BCUT2D eigenvalue weighted by atomic mass is 16.5. The van der Waals surface area contributed by atoms with Crippen molar-refractivity contribution < 1.29 is 9.53 Å². The zero-order chi connectivity index (χ0) is 20.8. The van der Waals surface area contributed by atoms with Crippen LogP contribution in [0.3, 0.4) is 0 Å². The van der Waals surface area contributed by atoms with Crippen LogP contribution in [-0.4, -0.2) is 31.9 Å². The van der Waals surface area contributed by atoms with Crippen LogP contribution in [0.4, 0.5) is 11.4 Å². The second-order valence-electron chi connectivity index (χ2n) is 6.30. The van der Waals surface area contributed by atoms with Gasteiger partial charge >= 0.3 is 5.97 Å². The summed E-state index contributed by atoms with van der Waals surface area (Å²) in [5, 5.41) is 11.2. The molecular weight excluding hydrogens is 352 g/mol. The van der Waals surface area contributed by atoms with Gasteiger partial charge in [0, 0.05) is 59.8 Å². The van der Waals surface area contributed by atoms with E-state index in [2.05, 4.69) is 42.8 Å². The summed E-state index contributed by atoms with van der Waals surface area (Å²) in [6.07, 6.45) is 1.12. The third-order valence-electron chi connectivity index (χ3n) is 4.75. The molecule has 148 valence electrons. The molecule has 4 N–H and O–H groups in total. The lowest BCUT2D eigenvalue weighted by molar-refractivity contribution is -0.129. The van der Waals surface area contributed by atoms with Crippen molar-refractivity contribution in [1.82, 2.24) is 0 Å². The lowest BCUT2D eigenvalue weighted by Gasteiger charge is -2.24. The van der Waals surface area contributed by atoms with Gasteiger partial charge in [0.1, 0.15) is 11.6 Å². The molecule has 0 aliphatic carbocycles. The monoisotopic (exact) mass is 380 g/mol. The molecule has 28 heavy (non-hydrogen) atoms. The van der Waals surface area contributed by atoms with Crippen LogP contribution >= 0.6 is 0 Å². The number of benzene rings is 2. The summed E-state index contributed by atoms with van der Waals surface area (Å²) in [5.74, 6) is -0.162. The summed E-state index contributed by atoms with van der Waals surface area (Å²) < 4.78 is 5.36. The Morgan fingerprint density at radius 2 is 1.96 bits per heavy atom. The molecule has 2 rings (SSSR count). The van der Waals surface area contributed by atoms with E-state index in [-0.39, 0.29) is 5.84 Å². The van der Waals surface area contributed by atoms with E-state index in [1.807, 2.05) is 20.0 Å². The molecule has 0 spiro atoms. The van der Waals surface area contributed by atoms with E-state index in [1.54, 1.807) is 12.1 Å². The third kappa shape index (κ3) is 4.17. The number of carbonyl (C=O) groups excluding carboxylic acids is 1. The first kappa shape index (κ1) is 21.0. The molecule has 0 amide bonds. The first-order valence-electron chi connectivity index (χ1n) is 9.27. The van der Waals surface area contributed by atoms with Crippen molar-refractivity contribution in [1.29, 1.82) is 5.41 Å². The van der Waals surface area contributed by atoms with Crippen molar-refractivity contribution in [3.63, 3.8) is 0 Å². The Labute approximate surface area is 166 Å². The van der Waals surface area contributed by atoms with Crippen molar-refractivity contribution in [2.24, 2.45) is 5.73 Å². The summed E-state index contributed by atoms with van der Waals surface area (Å²) in [5.41, 5.74) is 10.8. The zero-order valence-electron chi connectivity index (χ0n) is 16.9. The number of nitrogen functional groups attached to an aromatic ring is 1. The van der Waals surface area contributed by atoms with Crippen LogP contribution in [0.1, 0.15) is 25.0 Å². The predicted molar refractivity (Wildman–Crippen MR) is 117 cm³/mol. The number of nitrogens with one attached hydrogen (secondary N) is 2. The van der Waals surface area contributed by atoms with Gasteiger partial charge in [-0.3, -0.25) is 5.41 Å². The Morgan fingerprint density at radius 3 is 2.50 bits per heavy atom. The predicted octanol–water partition coefficient (Wildman–Crippen LogP) is 3.93. The maximum atomic E-state index is 11.7. The Morgan fingerprint density at radius 1 is 1.29 bits per heavy atom. The van der Waals surface area contributed by atoms with E-state index in [4.69, 9.17) is 15.9 Å². The highest BCUT2D eigenvalue weighted by Crippen LogP contribution is 2.39. The molecule has 0 heterocycles. The number of amidine groups is 1. The van der Waals surface area contributed by atoms with Crippen molar-refractivity contribution in [3.05, 3.63) is 54.1 Å². The summed E-state index contributed by atoms with van der Waals surface area (Å²) in [7, 11) is 1.86. The lowest BCUT2D eigenvalue weighted by Crippen LogP contribution is -2.21.